The van der Waals surface area contributed by atoms with Gasteiger partial charge in [-0.1, -0.05) is 38.1 Å². The summed E-state index contributed by atoms with van der Waals surface area (Å²) in [4.78, 5) is 36.8. The van der Waals surface area contributed by atoms with Crippen LogP contribution in [0.1, 0.15) is 56.5 Å². The van der Waals surface area contributed by atoms with Gasteiger partial charge in [0, 0.05) is 17.5 Å². The molecule has 0 spiro atoms. The number of benzene rings is 1. The van der Waals surface area contributed by atoms with Crippen molar-refractivity contribution in [3.05, 3.63) is 35.4 Å². The van der Waals surface area contributed by atoms with Crippen molar-refractivity contribution < 1.29 is 19.5 Å². The lowest BCUT2D eigenvalue weighted by molar-refractivity contribution is -0.146. The third-order valence-electron chi connectivity index (χ3n) is 3.80. The number of hydrogen-bond donors (Lipinski definition) is 1. The van der Waals surface area contributed by atoms with Crippen molar-refractivity contribution in [3.8, 4) is 0 Å². The van der Waals surface area contributed by atoms with E-state index < -0.39 is 11.9 Å². The second-order valence-corrected chi connectivity index (χ2v) is 6.32. The van der Waals surface area contributed by atoms with Crippen LogP contribution < -0.4 is 0 Å². The number of carbonyl (C=O) groups is 3. The summed E-state index contributed by atoms with van der Waals surface area (Å²) >= 11 is 0. The van der Waals surface area contributed by atoms with Gasteiger partial charge < -0.3 is 10.0 Å². The molecule has 1 aromatic rings. The molecule has 1 atom stereocenters. The van der Waals surface area contributed by atoms with Crippen LogP contribution in [0.5, 0.6) is 0 Å². The lowest BCUT2D eigenvalue weighted by atomic mass is 9.95. The van der Waals surface area contributed by atoms with Crippen LogP contribution in [0.4, 0.5) is 0 Å². The van der Waals surface area contributed by atoms with E-state index in [0.717, 1.165) is 5.56 Å². The zero-order valence-electron chi connectivity index (χ0n) is 14.4. The molecule has 0 aliphatic rings. The fourth-order valence-electron chi connectivity index (χ4n) is 2.32. The Balaban J connectivity index is 2.95. The monoisotopic (exact) mass is 319 g/mol. The number of aliphatic carboxylic acids is 1. The van der Waals surface area contributed by atoms with Crippen molar-refractivity contribution in [2.75, 3.05) is 6.54 Å². The van der Waals surface area contributed by atoms with Crippen LogP contribution in [0.25, 0.3) is 0 Å². The molecule has 0 fully saturated rings. The zero-order chi connectivity index (χ0) is 17.7. The van der Waals surface area contributed by atoms with Gasteiger partial charge in [-0.15, -0.1) is 0 Å². The Kier molecular flexibility index (Phi) is 6.49. The molecule has 1 amide bonds. The Bertz CT molecular complexity index is 575. The molecule has 5 heteroatoms. The minimum atomic E-state index is -1.03. The van der Waals surface area contributed by atoms with Crippen molar-refractivity contribution in [2.24, 2.45) is 5.92 Å². The van der Waals surface area contributed by atoms with Gasteiger partial charge in [-0.3, -0.25) is 14.4 Å². The highest BCUT2D eigenvalue weighted by Crippen LogP contribution is 2.21. The van der Waals surface area contributed by atoms with Gasteiger partial charge in [-0.2, -0.15) is 0 Å². The first-order valence-corrected chi connectivity index (χ1v) is 7.81. The minimum Gasteiger partial charge on any atom is -0.480 e. The van der Waals surface area contributed by atoms with Crippen LogP contribution in [0.15, 0.2) is 24.3 Å². The maximum absolute atomic E-state index is 12.5. The molecular weight excluding hydrogens is 294 g/mol. The first-order chi connectivity index (χ1) is 10.6. The van der Waals surface area contributed by atoms with Gasteiger partial charge in [0.2, 0.25) is 5.91 Å². The molecule has 0 aliphatic heterocycles. The van der Waals surface area contributed by atoms with E-state index in [-0.39, 0.29) is 30.2 Å². The Morgan fingerprint density at radius 3 is 1.91 bits per heavy atom. The number of carbonyl (C=O) groups excluding carboxylic acids is 2. The maximum atomic E-state index is 12.5. The molecule has 1 rings (SSSR count). The molecular formula is C18H25NO4. The van der Waals surface area contributed by atoms with Gasteiger partial charge >= 0.3 is 5.97 Å². The van der Waals surface area contributed by atoms with Gasteiger partial charge in [0.25, 0.3) is 0 Å². The molecule has 0 bridgehead atoms. The van der Waals surface area contributed by atoms with Crippen LogP contribution in [-0.2, 0) is 9.59 Å². The van der Waals surface area contributed by atoms with Gasteiger partial charge in [-0.25, -0.2) is 0 Å². The van der Waals surface area contributed by atoms with E-state index in [4.69, 9.17) is 5.11 Å². The predicted molar refractivity (Wildman–Crippen MR) is 88.5 cm³/mol. The van der Waals surface area contributed by atoms with Gasteiger partial charge in [0.05, 0.1) is 5.92 Å². The average molecular weight is 319 g/mol. The molecule has 5 nitrogen and oxygen atoms in total. The van der Waals surface area contributed by atoms with E-state index in [2.05, 4.69) is 0 Å². The molecule has 0 radical (unpaired) electrons. The highest BCUT2D eigenvalue weighted by molar-refractivity contribution is 5.97. The van der Waals surface area contributed by atoms with E-state index in [1.807, 2.05) is 13.8 Å². The first-order valence-electron chi connectivity index (χ1n) is 7.81. The molecule has 0 heterocycles. The number of amides is 1. The third kappa shape index (κ3) is 4.91. The summed E-state index contributed by atoms with van der Waals surface area (Å²) in [5.74, 6) is -1.74. The Labute approximate surface area is 137 Å². The Morgan fingerprint density at radius 2 is 1.52 bits per heavy atom. The lowest BCUT2D eigenvalue weighted by Gasteiger charge is -2.28. The van der Waals surface area contributed by atoms with Gasteiger partial charge in [0.1, 0.15) is 6.54 Å². The molecule has 0 saturated carbocycles. The SMILES string of the molecule is CC(C)C(=O)c1ccc(C(C)C(=O)N(CC(=O)O)C(C)C)cc1. The van der Waals surface area contributed by atoms with Crippen molar-refractivity contribution in [3.63, 3.8) is 0 Å². The summed E-state index contributed by atoms with van der Waals surface area (Å²) in [5.41, 5.74) is 1.39. The summed E-state index contributed by atoms with van der Waals surface area (Å²) in [6.07, 6.45) is 0. The van der Waals surface area contributed by atoms with Crippen molar-refractivity contribution >= 4 is 17.7 Å². The highest BCUT2D eigenvalue weighted by atomic mass is 16.4. The summed E-state index contributed by atoms with van der Waals surface area (Å²) in [6.45, 7) is 8.70. The molecule has 0 saturated heterocycles. The fraction of sp³-hybridized carbons (Fsp3) is 0.500. The largest absolute Gasteiger partial charge is 0.480 e. The van der Waals surface area contributed by atoms with Crippen LogP contribution >= 0.6 is 0 Å². The van der Waals surface area contributed by atoms with E-state index in [9.17, 15) is 14.4 Å². The van der Waals surface area contributed by atoms with Crippen molar-refractivity contribution in [1.82, 2.24) is 4.90 Å². The number of Topliss-reactive ketones (excluding diaryl/α,β-unsaturated/α-hetero) is 1. The Morgan fingerprint density at radius 1 is 1.00 bits per heavy atom. The molecule has 1 aromatic carbocycles. The predicted octanol–water partition coefficient (Wildman–Crippen LogP) is 2.95. The zero-order valence-corrected chi connectivity index (χ0v) is 14.4. The smallest absolute Gasteiger partial charge is 0.323 e. The quantitative estimate of drug-likeness (QED) is 0.784. The first kappa shape index (κ1) is 18.9. The second kappa shape index (κ2) is 7.90. The van der Waals surface area contributed by atoms with E-state index in [1.54, 1.807) is 45.0 Å². The van der Waals surface area contributed by atoms with E-state index >= 15 is 0 Å². The van der Waals surface area contributed by atoms with Gasteiger partial charge in [0.15, 0.2) is 5.78 Å². The molecule has 23 heavy (non-hydrogen) atoms. The molecule has 1 N–H and O–H groups in total. The van der Waals surface area contributed by atoms with Crippen LogP contribution in [0.2, 0.25) is 0 Å². The molecule has 0 aromatic heterocycles. The molecule has 126 valence electrons. The number of carboxylic acids is 1. The number of ketones is 1. The maximum Gasteiger partial charge on any atom is 0.323 e. The van der Waals surface area contributed by atoms with Crippen molar-refractivity contribution in [1.29, 1.82) is 0 Å². The van der Waals surface area contributed by atoms with Crippen LogP contribution in [0.3, 0.4) is 0 Å². The Hall–Kier alpha value is -2.17. The van der Waals surface area contributed by atoms with Crippen molar-refractivity contribution in [2.45, 2.75) is 46.6 Å². The van der Waals surface area contributed by atoms with Crippen LogP contribution in [0, 0.1) is 5.92 Å². The standard InChI is InChI=1S/C18H25NO4/c1-11(2)17(22)15-8-6-14(7-9-15)13(5)18(23)19(12(3)4)10-16(20)21/h6-9,11-13H,10H2,1-5H3,(H,20,21). The molecule has 0 aliphatic carbocycles. The lowest BCUT2D eigenvalue weighted by Crippen LogP contribution is -2.42. The van der Waals surface area contributed by atoms with E-state index in [0.29, 0.717) is 5.56 Å². The number of rotatable bonds is 7. The van der Waals surface area contributed by atoms with E-state index in [1.165, 1.54) is 4.90 Å². The number of nitrogens with zero attached hydrogens (tertiary/aromatic N) is 1. The summed E-state index contributed by atoms with van der Waals surface area (Å²) < 4.78 is 0. The summed E-state index contributed by atoms with van der Waals surface area (Å²) in [5, 5.41) is 8.95. The topological polar surface area (TPSA) is 74.7 Å². The summed E-state index contributed by atoms with van der Waals surface area (Å²) in [6, 6.07) is 6.77. The van der Waals surface area contributed by atoms with Gasteiger partial charge in [-0.05, 0) is 26.3 Å². The fourth-order valence-corrected chi connectivity index (χ4v) is 2.32. The average Bonchev–Trinajstić information content (AvgIpc) is 2.50. The number of carboxylic acid groups (broad SMARTS) is 1. The third-order valence-corrected chi connectivity index (χ3v) is 3.80. The second-order valence-electron chi connectivity index (χ2n) is 6.32. The number of hydrogen-bond acceptors (Lipinski definition) is 3. The highest BCUT2D eigenvalue weighted by Gasteiger charge is 2.26. The molecule has 1 unspecified atom stereocenters. The minimum absolute atomic E-state index is 0.0604. The summed E-state index contributed by atoms with van der Waals surface area (Å²) in [7, 11) is 0. The van der Waals surface area contributed by atoms with Crippen LogP contribution in [-0.4, -0.2) is 40.3 Å². The normalized spacial score (nSPS) is 12.3.